The molecule has 0 aliphatic carbocycles. The van der Waals surface area contributed by atoms with Crippen LogP contribution in [0.4, 0.5) is 5.82 Å². The van der Waals surface area contributed by atoms with Crippen LogP contribution in [-0.4, -0.2) is 42.1 Å². The molecular weight excluding hydrogens is 471 g/mol. The summed E-state index contributed by atoms with van der Waals surface area (Å²) in [5, 5.41) is 10.2. The van der Waals surface area contributed by atoms with E-state index in [0.29, 0.717) is 18.5 Å². The fourth-order valence-corrected chi connectivity index (χ4v) is 3.86. The van der Waals surface area contributed by atoms with Gasteiger partial charge in [-0.25, -0.2) is 9.97 Å². The molecule has 1 saturated heterocycles. The number of hydrogen-bond donors (Lipinski definition) is 2. The standard InChI is InChI=1S/C19H28N6S.HI/c1-14(2)18-23-16(13-26-18)12-22-19(20-3)24-15-7-10-25(11-8-15)17-6-4-5-9-21-17;/h4-6,9,13-15H,7-8,10-12H2,1-3H3,(H2,20,22,24);1H. The summed E-state index contributed by atoms with van der Waals surface area (Å²) >= 11 is 1.73. The van der Waals surface area contributed by atoms with E-state index in [-0.39, 0.29) is 24.0 Å². The Kier molecular flexibility index (Phi) is 8.75. The van der Waals surface area contributed by atoms with E-state index in [4.69, 9.17) is 0 Å². The Labute approximate surface area is 182 Å². The topological polar surface area (TPSA) is 65.4 Å². The molecule has 0 aromatic carbocycles. The number of piperidine rings is 1. The summed E-state index contributed by atoms with van der Waals surface area (Å²) in [4.78, 5) is 15.8. The number of anilines is 1. The van der Waals surface area contributed by atoms with Crippen LogP contribution in [0.3, 0.4) is 0 Å². The lowest BCUT2D eigenvalue weighted by Gasteiger charge is -2.33. The van der Waals surface area contributed by atoms with Crippen LogP contribution >= 0.6 is 35.3 Å². The van der Waals surface area contributed by atoms with Crippen LogP contribution in [0, 0.1) is 0 Å². The maximum Gasteiger partial charge on any atom is 0.191 e. The Morgan fingerprint density at radius 3 is 2.70 bits per heavy atom. The van der Waals surface area contributed by atoms with E-state index in [1.807, 2.05) is 25.4 Å². The number of thiazole rings is 1. The van der Waals surface area contributed by atoms with Crippen molar-refractivity contribution in [1.82, 2.24) is 20.6 Å². The van der Waals surface area contributed by atoms with E-state index in [9.17, 15) is 0 Å². The zero-order chi connectivity index (χ0) is 18.4. The van der Waals surface area contributed by atoms with Crippen molar-refractivity contribution in [3.05, 3.63) is 40.5 Å². The molecule has 0 unspecified atom stereocenters. The number of nitrogens with one attached hydrogen (secondary N) is 2. The summed E-state index contributed by atoms with van der Waals surface area (Å²) in [5.41, 5.74) is 1.08. The lowest BCUT2D eigenvalue weighted by molar-refractivity contribution is 0.459. The van der Waals surface area contributed by atoms with Crippen LogP contribution in [0.5, 0.6) is 0 Å². The zero-order valence-corrected chi connectivity index (χ0v) is 19.3. The average Bonchev–Trinajstić information content (AvgIpc) is 3.16. The molecule has 3 rings (SSSR count). The molecule has 27 heavy (non-hydrogen) atoms. The second kappa shape index (κ2) is 10.8. The molecule has 148 valence electrons. The predicted octanol–water partition coefficient (Wildman–Crippen LogP) is 3.61. The first kappa shape index (κ1) is 21.9. The number of halogens is 1. The van der Waals surface area contributed by atoms with E-state index in [1.165, 1.54) is 5.01 Å². The molecule has 0 amide bonds. The third kappa shape index (κ3) is 6.31. The van der Waals surface area contributed by atoms with Gasteiger partial charge in [0.15, 0.2) is 5.96 Å². The third-order valence-electron chi connectivity index (χ3n) is 4.53. The van der Waals surface area contributed by atoms with E-state index < -0.39 is 0 Å². The highest BCUT2D eigenvalue weighted by molar-refractivity contribution is 14.0. The van der Waals surface area contributed by atoms with Gasteiger partial charge < -0.3 is 15.5 Å². The molecule has 1 aliphatic rings. The highest BCUT2D eigenvalue weighted by atomic mass is 127. The molecule has 0 saturated carbocycles. The Morgan fingerprint density at radius 1 is 1.33 bits per heavy atom. The minimum atomic E-state index is 0. The van der Waals surface area contributed by atoms with Crippen molar-refractivity contribution in [3.8, 4) is 0 Å². The number of hydrogen-bond acceptors (Lipinski definition) is 5. The maximum atomic E-state index is 4.67. The normalized spacial score (nSPS) is 15.6. The average molecular weight is 500 g/mol. The summed E-state index contributed by atoms with van der Waals surface area (Å²) in [6, 6.07) is 6.51. The number of guanidine groups is 1. The minimum Gasteiger partial charge on any atom is -0.356 e. The largest absolute Gasteiger partial charge is 0.356 e. The van der Waals surface area contributed by atoms with Crippen LogP contribution in [0.15, 0.2) is 34.8 Å². The Hall–Kier alpha value is -1.42. The van der Waals surface area contributed by atoms with Gasteiger partial charge in [-0.2, -0.15) is 0 Å². The molecule has 1 aliphatic heterocycles. The third-order valence-corrected chi connectivity index (χ3v) is 5.73. The first-order chi connectivity index (χ1) is 12.7. The molecule has 3 heterocycles. The highest BCUT2D eigenvalue weighted by Crippen LogP contribution is 2.19. The zero-order valence-electron chi connectivity index (χ0n) is 16.2. The molecule has 6 nitrogen and oxygen atoms in total. The van der Waals surface area contributed by atoms with Gasteiger partial charge in [-0.15, -0.1) is 35.3 Å². The summed E-state index contributed by atoms with van der Waals surface area (Å²) in [5.74, 6) is 2.40. The van der Waals surface area contributed by atoms with Gasteiger partial charge in [-0.3, -0.25) is 4.99 Å². The number of aliphatic imine (C=N–C) groups is 1. The van der Waals surface area contributed by atoms with Crippen molar-refractivity contribution in [2.75, 3.05) is 25.0 Å². The molecule has 0 atom stereocenters. The van der Waals surface area contributed by atoms with Gasteiger partial charge in [0.1, 0.15) is 5.82 Å². The van der Waals surface area contributed by atoms with Crippen LogP contribution < -0.4 is 15.5 Å². The monoisotopic (exact) mass is 500 g/mol. The lowest BCUT2D eigenvalue weighted by Crippen LogP contribution is -2.48. The Bertz CT molecular complexity index is 710. The van der Waals surface area contributed by atoms with E-state index in [0.717, 1.165) is 43.4 Å². The maximum absolute atomic E-state index is 4.67. The molecular formula is C19H29IN6S. The fourth-order valence-electron chi connectivity index (χ4n) is 3.03. The smallest absolute Gasteiger partial charge is 0.191 e. The number of nitrogens with zero attached hydrogens (tertiary/aromatic N) is 4. The van der Waals surface area contributed by atoms with Gasteiger partial charge in [0.25, 0.3) is 0 Å². The number of aromatic nitrogens is 2. The SMILES string of the molecule is CN=C(NCc1csc(C(C)C)n1)NC1CCN(c2ccccn2)CC1.I. The van der Waals surface area contributed by atoms with Gasteiger partial charge >= 0.3 is 0 Å². The quantitative estimate of drug-likeness (QED) is 0.373. The summed E-state index contributed by atoms with van der Waals surface area (Å²) in [7, 11) is 1.82. The van der Waals surface area contributed by atoms with Gasteiger partial charge in [0.2, 0.25) is 0 Å². The van der Waals surface area contributed by atoms with Crippen molar-refractivity contribution < 1.29 is 0 Å². The minimum absolute atomic E-state index is 0. The first-order valence-electron chi connectivity index (χ1n) is 9.23. The molecule has 0 spiro atoms. The van der Waals surface area contributed by atoms with Gasteiger partial charge in [-0.1, -0.05) is 19.9 Å². The van der Waals surface area contributed by atoms with Gasteiger partial charge in [-0.05, 0) is 25.0 Å². The van der Waals surface area contributed by atoms with Gasteiger partial charge in [0.05, 0.1) is 17.2 Å². The second-order valence-corrected chi connectivity index (χ2v) is 7.74. The Balaban J connectivity index is 0.00000261. The van der Waals surface area contributed by atoms with Crippen LogP contribution in [0.2, 0.25) is 0 Å². The molecule has 8 heteroatoms. The van der Waals surface area contributed by atoms with Crippen molar-refractivity contribution in [3.63, 3.8) is 0 Å². The molecule has 1 fully saturated rings. The first-order valence-corrected chi connectivity index (χ1v) is 10.1. The number of pyridine rings is 1. The van der Waals surface area contributed by atoms with E-state index >= 15 is 0 Å². The van der Waals surface area contributed by atoms with Crippen molar-refractivity contribution >= 4 is 47.1 Å². The predicted molar refractivity (Wildman–Crippen MR) is 124 cm³/mol. The van der Waals surface area contributed by atoms with Crippen LogP contribution in [0.25, 0.3) is 0 Å². The molecule has 2 aromatic rings. The van der Waals surface area contributed by atoms with E-state index in [1.54, 1.807) is 11.3 Å². The second-order valence-electron chi connectivity index (χ2n) is 6.85. The molecule has 2 aromatic heterocycles. The van der Waals surface area contributed by atoms with Crippen LogP contribution in [0.1, 0.15) is 43.3 Å². The van der Waals surface area contributed by atoms with Crippen molar-refractivity contribution in [1.29, 1.82) is 0 Å². The lowest BCUT2D eigenvalue weighted by atomic mass is 10.1. The number of rotatable bonds is 5. The fraction of sp³-hybridized carbons (Fsp3) is 0.526. The highest BCUT2D eigenvalue weighted by Gasteiger charge is 2.20. The Morgan fingerprint density at radius 2 is 2.11 bits per heavy atom. The summed E-state index contributed by atoms with van der Waals surface area (Å²) in [6.07, 6.45) is 4.01. The van der Waals surface area contributed by atoms with Crippen molar-refractivity contribution in [2.45, 2.75) is 45.2 Å². The summed E-state index contributed by atoms with van der Waals surface area (Å²) in [6.45, 7) is 7.07. The van der Waals surface area contributed by atoms with Crippen LogP contribution in [-0.2, 0) is 6.54 Å². The van der Waals surface area contributed by atoms with E-state index in [2.05, 4.69) is 55.8 Å². The molecule has 2 N–H and O–H groups in total. The van der Waals surface area contributed by atoms with Crippen molar-refractivity contribution in [2.24, 2.45) is 4.99 Å². The molecule has 0 radical (unpaired) electrons. The van der Waals surface area contributed by atoms with Gasteiger partial charge in [0, 0.05) is 43.7 Å². The summed E-state index contributed by atoms with van der Waals surface area (Å²) < 4.78 is 0. The molecule has 0 bridgehead atoms.